The van der Waals surface area contributed by atoms with Crippen molar-refractivity contribution in [1.82, 2.24) is 0 Å². The lowest BCUT2D eigenvalue weighted by molar-refractivity contribution is -0.131. The van der Waals surface area contributed by atoms with Gasteiger partial charge in [0, 0.05) is 28.8 Å². The second-order valence-electron chi connectivity index (χ2n) is 5.13. The molecule has 1 aliphatic rings. The summed E-state index contributed by atoms with van der Waals surface area (Å²) >= 11 is 3.53. The van der Waals surface area contributed by atoms with E-state index in [1.807, 2.05) is 6.07 Å². The first-order chi connectivity index (χ1) is 9.61. The molecule has 1 aliphatic heterocycles. The molecule has 0 aromatic heterocycles. The number of rotatable bonds is 4. The van der Waals surface area contributed by atoms with Crippen LogP contribution in [0.5, 0.6) is 0 Å². The van der Waals surface area contributed by atoms with Crippen LogP contribution in [-0.2, 0) is 4.79 Å². The molecule has 3 nitrogen and oxygen atoms in total. The lowest BCUT2D eigenvalue weighted by atomic mass is 9.99. The van der Waals surface area contributed by atoms with Crippen molar-refractivity contribution < 1.29 is 9.90 Å². The molecule has 0 bridgehead atoms. The van der Waals surface area contributed by atoms with Gasteiger partial charge in [-0.1, -0.05) is 28.9 Å². The van der Waals surface area contributed by atoms with E-state index in [9.17, 15) is 4.79 Å². The summed E-state index contributed by atoms with van der Waals surface area (Å²) < 4.78 is 0.938. The number of nitrogens with zero attached hydrogens (tertiary/aromatic N) is 1. The first-order valence-electron chi connectivity index (χ1n) is 7.09. The van der Waals surface area contributed by atoms with Gasteiger partial charge in [0.1, 0.15) is 0 Å². The van der Waals surface area contributed by atoms with E-state index < -0.39 is 5.97 Å². The Labute approximate surface area is 128 Å². The smallest absolute Gasteiger partial charge is 0.328 e. The summed E-state index contributed by atoms with van der Waals surface area (Å²) in [4.78, 5) is 13.0. The van der Waals surface area contributed by atoms with Crippen LogP contribution in [0.3, 0.4) is 0 Å². The van der Waals surface area contributed by atoms with Gasteiger partial charge in [0.25, 0.3) is 0 Å². The highest BCUT2D eigenvalue weighted by Gasteiger charge is 2.21. The van der Waals surface area contributed by atoms with E-state index in [4.69, 9.17) is 5.11 Å². The molecule has 0 radical (unpaired) electrons. The number of halogens is 1. The fourth-order valence-electron chi connectivity index (χ4n) is 2.76. The molecule has 1 aromatic rings. The molecule has 1 fully saturated rings. The predicted octanol–water partition coefficient (Wildman–Crippen LogP) is 4.32. The van der Waals surface area contributed by atoms with Crippen LogP contribution in [0.4, 0.5) is 5.69 Å². The van der Waals surface area contributed by atoms with E-state index >= 15 is 0 Å². The lowest BCUT2D eigenvalue weighted by Gasteiger charge is -2.37. The fraction of sp³-hybridized carbons (Fsp3) is 0.438. The van der Waals surface area contributed by atoms with Crippen LogP contribution >= 0.6 is 15.9 Å². The van der Waals surface area contributed by atoms with Crippen LogP contribution < -0.4 is 4.90 Å². The van der Waals surface area contributed by atoms with Gasteiger partial charge >= 0.3 is 5.97 Å². The third-order valence-corrected chi connectivity index (χ3v) is 4.51. The average molecular weight is 338 g/mol. The zero-order chi connectivity index (χ0) is 14.5. The van der Waals surface area contributed by atoms with Crippen LogP contribution in [0.25, 0.3) is 6.08 Å². The zero-order valence-corrected chi connectivity index (χ0v) is 13.3. The maximum atomic E-state index is 10.6. The maximum absolute atomic E-state index is 10.6. The quantitative estimate of drug-likeness (QED) is 0.832. The Balaban J connectivity index is 2.21. The summed E-state index contributed by atoms with van der Waals surface area (Å²) in [6.45, 7) is 3.34. The molecule has 20 heavy (non-hydrogen) atoms. The number of hydrogen-bond donors (Lipinski definition) is 1. The Hall–Kier alpha value is -1.29. The normalized spacial score (nSPS) is 19.5. The molecule has 0 spiro atoms. The largest absolute Gasteiger partial charge is 0.478 e. The lowest BCUT2D eigenvalue weighted by Crippen LogP contribution is -2.39. The van der Waals surface area contributed by atoms with Gasteiger partial charge < -0.3 is 10.0 Å². The number of hydrogen-bond acceptors (Lipinski definition) is 2. The minimum Gasteiger partial charge on any atom is -0.478 e. The Morgan fingerprint density at radius 1 is 1.50 bits per heavy atom. The van der Waals surface area contributed by atoms with Crippen molar-refractivity contribution in [3.8, 4) is 0 Å². The number of aliphatic carboxylic acids is 1. The maximum Gasteiger partial charge on any atom is 0.328 e. The highest BCUT2D eigenvalue weighted by Crippen LogP contribution is 2.30. The van der Waals surface area contributed by atoms with E-state index in [0.29, 0.717) is 6.04 Å². The van der Waals surface area contributed by atoms with Crippen molar-refractivity contribution in [1.29, 1.82) is 0 Å². The van der Waals surface area contributed by atoms with Gasteiger partial charge in [-0.2, -0.15) is 0 Å². The molecule has 1 aromatic carbocycles. The van der Waals surface area contributed by atoms with E-state index in [1.165, 1.54) is 24.9 Å². The monoisotopic (exact) mass is 337 g/mol. The SMILES string of the molecule is CCC1CCCCN1c1ccc(/C=C/C(=O)O)c(Br)c1. The highest BCUT2D eigenvalue weighted by atomic mass is 79.9. The molecule has 0 aliphatic carbocycles. The van der Waals surface area contributed by atoms with Gasteiger partial charge in [-0.25, -0.2) is 4.79 Å². The molecule has 108 valence electrons. The van der Waals surface area contributed by atoms with Gasteiger partial charge in [0.15, 0.2) is 0 Å². The molecule has 1 saturated heterocycles. The van der Waals surface area contributed by atoms with Crippen molar-refractivity contribution >= 4 is 33.7 Å². The van der Waals surface area contributed by atoms with Gasteiger partial charge in [0.2, 0.25) is 0 Å². The molecule has 1 N–H and O–H groups in total. The van der Waals surface area contributed by atoms with Crippen molar-refractivity contribution in [3.63, 3.8) is 0 Å². The van der Waals surface area contributed by atoms with Crippen LogP contribution in [0, 0.1) is 0 Å². The summed E-state index contributed by atoms with van der Waals surface area (Å²) in [5.74, 6) is -0.928. The average Bonchev–Trinajstić information content (AvgIpc) is 2.45. The molecule has 2 rings (SSSR count). The molecule has 1 unspecified atom stereocenters. The predicted molar refractivity (Wildman–Crippen MR) is 86.1 cm³/mol. The van der Waals surface area contributed by atoms with Crippen LogP contribution in [0.1, 0.15) is 38.2 Å². The summed E-state index contributed by atoms with van der Waals surface area (Å²) in [5.41, 5.74) is 2.11. The van der Waals surface area contributed by atoms with Crippen molar-refractivity contribution in [2.24, 2.45) is 0 Å². The number of anilines is 1. The number of carboxylic acids is 1. The Bertz CT molecular complexity index is 513. The Kier molecular flexibility index (Phi) is 5.24. The van der Waals surface area contributed by atoms with Crippen LogP contribution in [0.15, 0.2) is 28.7 Å². The summed E-state index contributed by atoms with van der Waals surface area (Å²) in [6.07, 6.45) is 7.76. The molecule has 0 amide bonds. The molecule has 1 heterocycles. The number of benzene rings is 1. The van der Waals surface area contributed by atoms with Crippen LogP contribution in [0.2, 0.25) is 0 Å². The van der Waals surface area contributed by atoms with E-state index in [1.54, 1.807) is 6.08 Å². The van der Waals surface area contributed by atoms with Crippen molar-refractivity contribution in [2.45, 2.75) is 38.6 Å². The Morgan fingerprint density at radius 3 is 2.95 bits per heavy atom. The minimum absolute atomic E-state index is 0.621. The third-order valence-electron chi connectivity index (χ3n) is 3.82. The zero-order valence-electron chi connectivity index (χ0n) is 11.7. The Morgan fingerprint density at radius 2 is 2.30 bits per heavy atom. The topological polar surface area (TPSA) is 40.5 Å². The second kappa shape index (κ2) is 6.93. The number of piperidine rings is 1. The van der Waals surface area contributed by atoms with Gasteiger partial charge in [-0.05, 0) is 49.5 Å². The van der Waals surface area contributed by atoms with Crippen molar-refractivity contribution in [3.05, 3.63) is 34.3 Å². The highest BCUT2D eigenvalue weighted by molar-refractivity contribution is 9.10. The second-order valence-corrected chi connectivity index (χ2v) is 5.98. The fourth-order valence-corrected chi connectivity index (χ4v) is 3.25. The summed E-state index contributed by atoms with van der Waals surface area (Å²) in [7, 11) is 0. The minimum atomic E-state index is -0.928. The van der Waals surface area contributed by atoms with Gasteiger partial charge in [-0.3, -0.25) is 0 Å². The van der Waals surface area contributed by atoms with E-state index in [0.717, 1.165) is 29.1 Å². The third kappa shape index (κ3) is 3.63. The van der Waals surface area contributed by atoms with Crippen LogP contribution in [-0.4, -0.2) is 23.7 Å². The molecular formula is C16H20BrNO2. The molecule has 4 heteroatoms. The molecular weight excluding hydrogens is 318 g/mol. The number of carbonyl (C=O) groups is 1. The van der Waals surface area contributed by atoms with E-state index in [2.05, 4.69) is 39.9 Å². The first-order valence-corrected chi connectivity index (χ1v) is 7.88. The summed E-state index contributed by atoms with van der Waals surface area (Å²) in [6, 6.07) is 6.77. The molecule has 0 saturated carbocycles. The van der Waals surface area contributed by atoms with Crippen molar-refractivity contribution in [2.75, 3.05) is 11.4 Å². The van der Waals surface area contributed by atoms with E-state index in [-0.39, 0.29) is 0 Å². The first kappa shape index (κ1) is 15.1. The summed E-state index contributed by atoms with van der Waals surface area (Å²) in [5, 5.41) is 8.68. The van der Waals surface area contributed by atoms with Gasteiger partial charge in [-0.15, -0.1) is 0 Å². The van der Waals surface area contributed by atoms with Gasteiger partial charge in [0.05, 0.1) is 0 Å². The number of carboxylic acid groups (broad SMARTS) is 1. The molecule has 1 atom stereocenters. The standard InChI is InChI=1S/C16H20BrNO2/c1-2-13-5-3-4-10-18(13)14-8-6-12(15(17)11-14)7-9-16(19)20/h6-9,11,13H,2-5,10H2,1H3,(H,19,20)/b9-7+.